The lowest BCUT2D eigenvalue weighted by molar-refractivity contribution is -0.137. The Morgan fingerprint density at radius 3 is 2.40 bits per heavy atom. The summed E-state index contributed by atoms with van der Waals surface area (Å²) in [6.45, 7) is 1.53. The van der Waals surface area contributed by atoms with Gasteiger partial charge in [0.15, 0.2) is 0 Å². The Balaban J connectivity index is 1.82. The minimum Gasteiger partial charge on any atom is -0.327 e. The molecule has 0 radical (unpaired) electrons. The normalized spacial score (nSPS) is 17.3. The predicted octanol–water partition coefficient (Wildman–Crippen LogP) is 4.65. The summed E-state index contributed by atoms with van der Waals surface area (Å²) in [6, 6.07) is 7.83. The van der Waals surface area contributed by atoms with E-state index >= 15 is 0 Å². The molecule has 5 nitrogen and oxygen atoms in total. The van der Waals surface area contributed by atoms with Gasteiger partial charge in [0, 0.05) is 18.2 Å². The summed E-state index contributed by atoms with van der Waals surface area (Å²) >= 11 is 5.87. The maximum absolute atomic E-state index is 13.1. The molecule has 1 fully saturated rings. The highest BCUT2D eigenvalue weighted by molar-refractivity contribution is 6.34. The third-order valence-electron chi connectivity index (χ3n) is 4.81. The molecule has 1 heterocycles. The van der Waals surface area contributed by atoms with Crippen molar-refractivity contribution in [3.05, 3.63) is 70.0 Å². The summed E-state index contributed by atoms with van der Waals surface area (Å²) in [7, 11) is 0. The molecule has 0 aromatic heterocycles. The van der Waals surface area contributed by atoms with Crippen molar-refractivity contribution in [3.8, 4) is 0 Å². The van der Waals surface area contributed by atoms with Gasteiger partial charge in [-0.25, -0.2) is 4.39 Å². The van der Waals surface area contributed by atoms with Gasteiger partial charge in [0.2, 0.25) is 0 Å². The standard InChI is InChI=1S/C20H17ClF4N4O/c1-11-9-29(18(27)12-5-7-13(22)8-6-12)16(26)10-28(11)19(30)14-3-2-4-15(17(14)21)20(23,24)25/h2-8,11,26-27H,9-10H2,1H3. The first-order valence-electron chi connectivity index (χ1n) is 8.87. The van der Waals surface area contributed by atoms with Crippen LogP contribution in [0.4, 0.5) is 17.6 Å². The Morgan fingerprint density at radius 1 is 1.17 bits per heavy atom. The summed E-state index contributed by atoms with van der Waals surface area (Å²) < 4.78 is 52.4. The van der Waals surface area contributed by atoms with Crippen LogP contribution in [0.1, 0.15) is 28.4 Å². The molecule has 2 N–H and O–H groups in total. The van der Waals surface area contributed by atoms with Crippen LogP contribution >= 0.6 is 11.6 Å². The topological polar surface area (TPSA) is 71.2 Å². The first-order valence-corrected chi connectivity index (χ1v) is 9.24. The van der Waals surface area contributed by atoms with E-state index in [0.29, 0.717) is 5.56 Å². The third kappa shape index (κ3) is 4.16. The molecule has 158 valence electrons. The van der Waals surface area contributed by atoms with Crippen molar-refractivity contribution >= 4 is 29.2 Å². The van der Waals surface area contributed by atoms with Crippen LogP contribution in [0.25, 0.3) is 0 Å². The van der Waals surface area contributed by atoms with E-state index in [1.807, 2.05) is 0 Å². The molecule has 3 rings (SSSR count). The van der Waals surface area contributed by atoms with Crippen molar-refractivity contribution in [2.75, 3.05) is 13.1 Å². The zero-order valence-electron chi connectivity index (χ0n) is 15.7. The van der Waals surface area contributed by atoms with E-state index in [1.54, 1.807) is 6.92 Å². The average molecular weight is 441 g/mol. The number of halogens is 5. The summed E-state index contributed by atoms with van der Waals surface area (Å²) in [5.74, 6) is -1.30. The molecule has 0 bridgehead atoms. The highest BCUT2D eigenvalue weighted by atomic mass is 35.5. The molecule has 1 aliphatic heterocycles. The summed E-state index contributed by atoms with van der Waals surface area (Å²) in [5.41, 5.74) is -1.00. The molecule has 1 unspecified atom stereocenters. The summed E-state index contributed by atoms with van der Waals surface area (Å²) in [5, 5.41) is 15.9. The lowest BCUT2D eigenvalue weighted by Crippen LogP contribution is -2.58. The Kier molecular flexibility index (Phi) is 5.85. The van der Waals surface area contributed by atoms with E-state index in [0.717, 1.165) is 12.1 Å². The molecular formula is C20H17ClF4N4O. The van der Waals surface area contributed by atoms with Gasteiger partial charge in [-0.3, -0.25) is 15.6 Å². The fourth-order valence-electron chi connectivity index (χ4n) is 3.21. The van der Waals surface area contributed by atoms with Gasteiger partial charge in [0.05, 0.1) is 22.7 Å². The number of benzene rings is 2. The fraction of sp³-hybridized carbons (Fsp3) is 0.250. The van der Waals surface area contributed by atoms with Crippen molar-refractivity contribution in [1.82, 2.24) is 9.80 Å². The second-order valence-electron chi connectivity index (χ2n) is 6.86. The Hall–Kier alpha value is -2.94. The first kappa shape index (κ1) is 21.8. The number of nitrogens with zero attached hydrogens (tertiary/aromatic N) is 2. The van der Waals surface area contributed by atoms with Gasteiger partial charge in [-0.1, -0.05) is 17.7 Å². The second-order valence-corrected chi connectivity index (χ2v) is 7.24. The summed E-state index contributed by atoms with van der Waals surface area (Å²) in [4.78, 5) is 15.5. The molecule has 1 aliphatic rings. The van der Waals surface area contributed by atoms with Crippen LogP contribution in [0.5, 0.6) is 0 Å². The molecule has 1 saturated heterocycles. The summed E-state index contributed by atoms with van der Waals surface area (Å²) in [6.07, 6.45) is -4.70. The van der Waals surface area contributed by atoms with E-state index in [1.165, 1.54) is 40.1 Å². The van der Waals surface area contributed by atoms with Crippen LogP contribution in [0.15, 0.2) is 42.5 Å². The Labute approximate surface area is 174 Å². The van der Waals surface area contributed by atoms with Crippen LogP contribution in [0.2, 0.25) is 5.02 Å². The predicted molar refractivity (Wildman–Crippen MR) is 105 cm³/mol. The highest BCUT2D eigenvalue weighted by Crippen LogP contribution is 2.36. The van der Waals surface area contributed by atoms with Gasteiger partial charge >= 0.3 is 6.18 Å². The SMILES string of the molecule is CC1CN(C(=N)c2ccc(F)cc2)C(=N)CN1C(=O)c1cccc(C(F)(F)F)c1Cl. The van der Waals surface area contributed by atoms with Gasteiger partial charge < -0.3 is 9.80 Å². The molecule has 2 aromatic rings. The molecule has 0 saturated carbocycles. The maximum Gasteiger partial charge on any atom is 0.417 e. The second kappa shape index (κ2) is 8.06. The first-order chi connectivity index (χ1) is 14.0. The number of piperazine rings is 1. The quantitative estimate of drug-likeness (QED) is 0.405. The van der Waals surface area contributed by atoms with Gasteiger partial charge in [0.1, 0.15) is 17.5 Å². The minimum absolute atomic E-state index is 0.0314. The Bertz CT molecular complexity index is 1010. The minimum atomic E-state index is -4.70. The highest BCUT2D eigenvalue weighted by Gasteiger charge is 2.37. The lowest BCUT2D eigenvalue weighted by atomic mass is 10.1. The smallest absolute Gasteiger partial charge is 0.327 e. The van der Waals surface area contributed by atoms with Gasteiger partial charge in [-0.2, -0.15) is 13.2 Å². The maximum atomic E-state index is 13.1. The van der Waals surface area contributed by atoms with Crippen molar-refractivity contribution in [2.45, 2.75) is 19.1 Å². The van der Waals surface area contributed by atoms with Gasteiger partial charge in [-0.05, 0) is 43.3 Å². The number of hydrogen-bond acceptors (Lipinski definition) is 3. The van der Waals surface area contributed by atoms with E-state index in [-0.39, 0.29) is 30.3 Å². The molecule has 0 spiro atoms. The van der Waals surface area contributed by atoms with E-state index < -0.39 is 34.5 Å². The average Bonchev–Trinajstić information content (AvgIpc) is 2.68. The van der Waals surface area contributed by atoms with Crippen molar-refractivity contribution < 1.29 is 22.4 Å². The van der Waals surface area contributed by atoms with Crippen molar-refractivity contribution in [3.63, 3.8) is 0 Å². The van der Waals surface area contributed by atoms with E-state index in [2.05, 4.69) is 0 Å². The number of nitrogens with one attached hydrogen (secondary N) is 2. The van der Waals surface area contributed by atoms with Gasteiger partial charge in [-0.15, -0.1) is 0 Å². The van der Waals surface area contributed by atoms with Crippen LogP contribution in [-0.2, 0) is 6.18 Å². The molecule has 30 heavy (non-hydrogen) atoms. The fourth-order valence-corrected chi connectivity index (χ4v) is 3.52. The number of rotatable bonds is 2. The Morgan fingerprint density at radius 2 is 1.80 bits per heavy atom. The number of amides is 1. The molecule has 0 aliphatic carbocycles. The number of amidine groups is 2. The van der Waals surface area contributed by atoms with Gasteiger partial charge in [0.25, 0.3) is 5.91 Å². The van der Waals surface area contributed by atoms with Crippen LogP contribution in [0.3, 0.4) is 0 Å². The molecule has 10 heteroatoms. The zero-order valence-corrected chi connectivity index (χ0v) is 16.5. The van der Waals surface area contributed by atoms with Crippen LogP contribution in [0, 0.1) is 16.6 Å². The molecular weight excluding hydrogens is 424 g/mol. The number of carbonyl (C=O) groups excluding carboxylic acids is 1. The van der Waals surface area contributed by atoms with E-state index in [9.17, 15) is 22.4 Å². The van der Waals surface area contributed by atoms with Crippen LogP contribution < -0.4 is 0 Å². The van der Waals surface area contributed by atoms with Crippen LogP contribution in [-0.4, -0.2) is 46.5 Å². The van der Waals surface area contributed by atoms with Crippen molar-refractivity contribution in [2.24, 2.45) is 0 Å². The number of hydrogen-bond donors (Lipinski definition) is 2. The molecule has 1 atom stereocenters. The third-order valence-corrected chi connectivity index (χ3v) is 5.21. The zero-order chi connectivity index (χ0) is 22.2. The largest absolute Gasteiger partial charge is 0.417 e. The molecule has 1 amide bonds. The number of alkyl halides is 3. The van der Waals surface area contributed by atoms with E-state index in [4.69, 9.17) is 22.4 Å². The van der Waals surface area contributed by atoms with Crippen molar-refractivity contribution in [1.29, 1.82) is 10.8 Å². The molecule has 2 aromatic carbocycles. The monoisotopic (exact) mass is 440 g/mol. The number of carbonyl (C=O) groups is 1. The lowest BCUT2D eigenvalue weighted by Gasteiger charge is -2.41.